The summed E-state index contributed by atoms with van der Waals surface area (Å²) < 4.78 is 0. The van der Waals surface area contributed by atoms with Crippen LogP contribution in [0, 0.1) is 0 Å². The minimum atomic E-state index is -1.10. The Balaban J connectivity index is 2.48. The number of anilines is 1. The van der Waals surface area contributed by atoms with Crippen molar-refractivity contribution in [2.24, 2.45) is 0 Å². The van der Waals surface area contributed by atoms with Crippen LogP contribution in [0.3, 0.4) is 0 Å². The van der Waals surface area contributed by atoms with E-state index < -0.39 is 12.0 Å². The highest BCUT2D eigenvalue weighted by Crippen LogP contribution is 2.22. The molecule has 0 saturated heterocycles. The molecule has 0 saturated carbocycles. The normalized spacial score (nSPS) is 9.81. The van der Waals surface area contributed by atoms with E-state index >= 15 is 0 Å². The van der Waals surface area contributed by atoms with Crippen LogP contribution >= 0.6 is 11.6 Å². The number of hydrogen-bond acceptors (Lipinski definition) is 3. The van der Waals surface area contributed by atoms with Gasteiger partial charge in [-0.25, -0.2) is 9.59 Å². The molecule has 1 rings (SSSR count). The fraction of sp³-hybridized carbons (Fsp3) is 0.308. The second kappa shape index (κ2) is 8.11. The number of nitrogens with one attached hydrogen (secondary N) is 3. The summed E-state index contributed by atoms with van der Waals surface area (Å²) in [6, 6.07) is 3.45. The van der Waals surface area contributed by atoms with Crippen LogP contribution in [0.2, 0.25) is 5.02 Å². The predicted molar refractivity (Wildman–Crippen MR) is 78.7 cm³/mol. The molecule has 1 aromatic rings. The lowest BCUT2D eigenvalue weighted by molar-refractivity contribution is -0.120. The van der Waals surface area contributed by atoms with Gasteiger partial charge in [0.25, 0.3) is 0 Å². The fourth-order valence-electron chi connectivity index (χ4n) is 1.49. The summed E-state index contributed by atoms with van der Waals surface area (Å²) >= 11 is 5.87. The first kappa shape index (κ1) is 16.8. The lowest BCUT2D eigenvalue weighted by Crippen LogP contribution is -2.33. The van der Waals surface area contributed by atoms with E-state index in [2.05, 4.69) is 16.0 Å². The average Bonchev–Trinajstić information content (AvgIpc) is 2.41. The zero-order chi connectivity index (χ0) is 15.8. The molecule has 4 N–H and O–H groups in total. The molecule has 0 unspecified atom stereocenters. The second-order valence-corrected chi connectivity index (χ2v) is 4.49. The number of aromatic carboxylic acids is 1. The molecule has 0 aromatic heterocycles. The highest BCUT2D eigenvalue weighted by molar-refractivity contribution is 6.34. The Labute approximate surface area is 126 Å². The molecule has 21 heavy (non-hydrogen) atoms. The number of carbonyl (C=O) groups is 3. The highest BCUT2D eigenvalue weighted by Gasteiger charge is 2.09. The van der Waals surface area contributed by atoms with Gasteiger partial charge in [-0.05, 0) is 25.1 Å². The third kappa shape index (κ3) is 5.70. The Kier molecular flexibility index (Phi) is 6.48. The van der Waals surface area contributed by atoms with Crippen molar-refractivity contribution in [1.29, 1.82) is 0 Å². The smallest absolute Gasteiger partial charge is 0.335 e. The minimum Gasteiger partial charge on any atom is -0.478 e. The molecule has 0 aliphatic heterocycles. The van der Waals surface area contributed by atoms with Gasteiger partial charge < -0.3 is 21.1 Å². The van der Waals surface area contributed by atoms with Gasteiger partial charge in [-0.15, -0.1) is 0 Å². The van der Waals surface area contributed by atoms with Crippen molar-refractivity contribution < 1.29 is 19.5 Å². The van der Waals surface area contributed by atoms with Gasteiger partial charge in [0, 0.05) is 19.5 Å². The van der Waals surface area contributed by atoms with Crippen LogP contribution in [-0.4, -0.2) is 36.1 Å². The largest absolute Gasteiger partial charge is 0.478 e. The predicted octanol–water partition coefficient (Wildman–Crippen LogP) is 1.69. The van der Waals surface area contributed by atoms with Crippen molar-refractivity contribution in [3.63, 3.8) is 0 Å². The molecule has 0 spiro atoms. The molecule has 8 heteroatoms. The second-order valence-electron chi connectivity index (χ2n) is 4.08. The Morgan fingerprint density at radius 1 is 1.24 bits per heavy atom. The highest BCUT2D eigenvalue weighted by atomic mass is 35.5. The van der Waals surface area contributed by atoms with Crippen molar-refractivity contribution in [3.05, 3.63) is 28.8 Å². The average molecular weight is 314 g/mol. The van der Waals surface area contributed by atoms with Crippen LogP contribution in [-0.2, 0) is 4.79 Å². The van der Waals surface area contributed by atoms with Crippen LogP contribution in [0.25, 0.3) is 0 Å². The number of carbonyl (C=O) groups excluding carboxylic acids is 2. The molecule has 0 heterocycles. The maximum absolute atomic E-state index is 11.6. The number of rotatable bonds is 6. The van der Waals surface area contributed by atoms with Gasteiger partial charge in [-0.2, -0.15) is 0 Å². The summed E-state index contributed by atoms with van der Waals surface area (Å²) in [4.78, 5) is 33.5. The third-order valence-electron chi connectivity index (χ3n) is 2.48. The number of carboxylic acid groups (broad SMARTS) is 1. The quantitative estimate of drug-likeness (QED) is 0.641. The van der Waals surface area contributed by atoms with Crippen molar-refractivity contribution in [1.82, 2.24) is 10.6 Å². The van der Waals surface area contributed by atoms with Crippen molar-refractivity contribution in [3.8, 4) is 0 Å². The first-order chi connectivity index (χ1) is 9.93. The molecule has 7 nitrogen and oxygen atoms in total. The van der Waals surface area contributed by atoms with E-state index in [0.717, 1.165) is 0 Å². The molecule has 0 fully saturated rings. The molecule has 0 atom stereocenters. The van der Waals surface area contributed by atoms with Crippen molar-refractivity contribution in [2.75, 3.05) is 18.4 Å². The standard InChI is InChI=1S/C13H16ClN3O4/c1-2-15-11(18)5-6-16-13(21)17-10-4-3-8(12(19)20)7-9(10)14/h3-4,7H,2,5-6H2,1H3,(H,15,18)(H,19,20)(H2,16,17,21). The van der Waals surface area contributed by atoms with E-state index in [1.165, 1.54) is 18.2 Å². The Morgan fingerprint density at radius 2 is 1.95 bits per heavy atom. The molecule has 3 amide bonds. The Morgan fingerprint density at radius 3 is 2.52 bits per heavy atom. The number of urea groups is 1. The number of halogens is 1. The molecule has 114 valence electrons. The van der Waals surface area contributed by atoms with Crippen molar-refractivity contribution >= 4 is 35.2 Å². The van der Waals surface area contributed by atoms with Crippen molar-refractivity contribution in [2.45, 2.75) is 13.3 Å². The van der Waals surface area contributed by atoms with Gasteiger partial charge >= 0.3 is 12.0 Å². The Hall–Kier alpha value is -2.28. The van der Waals surface area contributed by atoms with Gasteiger partial charge in [0.15, 0.2) is 0 Å². The fourth-order valence-corrected chi connectivity index (χ4v) is 1.72. The molecule has 0 bridgehead atoms. The SMILES string of the molecule is CCNC(=O)CCNC(=O)Nc1ccc(C(=O)O)cc1Cl. The monoisotopic (exact) mass is 313 g/mol. The van der Waals surface area contributed by atoms with Crippen LogP contribution in [0.1, 0.15) is 23.7 Å². The maximum atomic E-state index is 11.6. The molecule has 1 aromatic carbocycles. The van der Waals surface area contributed by atoms with Gasteiger partial charge in [-0.1, -0.05) is 11.6 Å². The van der Waals surface area contributed by atoms with Gasteiger partial charge in [0.2, 0.25) is 5.91 Å². The molecule has 0 radical (unpaired) electrons. The Bertz CT molecular complexity index is 548. The lowest BCUT2D eigenvalue weighted by Gasteiger charge is -2.09. The maximum Gasteiger partial charge on any atom is 0.335 e. The molecular formula is C13H16ClN3O4. The van der Waals surface area contributed by atoms with E-state index in [-0.39, 0.29) is 35.1 Å². The number of hydrogen-bond donors (Lipinski definition) is 4. The zero-order valence-electron chi connectivity index (χ0n) is 11.4. The first-order valence-electron chi connectivity index (χ1n) is 6.28. The summed E-state index contributed by atoms with van der Waals surface area (Å²) in [7, 11) is 0. The van der Waals surface area contributed by atoms with Crippen LogP contribution in [0.15, 0.2) is 18.2 Å². The van der Waals surface area contributed by atoms with E-state index in [9.17, 15) is 14.4 Å². The zero-order valence-corrected chi connectivity index (χ0v) is 12.2. The number of amides is 3. The van der Waals surface area contributed by atoms with E-state index in [1.807, 2.05) is 0 Å². The minimum absolute atomic E-state index is 0.0298. The molecule has 0 aliphatic rings. The van der Waals surface area contributed by atoms with Crippen LogP contribution < -0.4 is 16.0 Å². The van der Waals surface area contributed by atoms with E-state index in [4.69, 9.17) is 16.7 Å². The van der Waals surface area contributed by atoms with Crippen LogP contribution in [0.5, 0.6) is 0 Å². The third-order valence-corrected chi connectivity index (χ3v) is 2.79. The van der Waals surface area contributed by atoms with Crippen LogP contribution in [0.4, 0.5) is 10.5 Å². The summed E-state index contributed by atoms with van der Waals surface area (Å²) in [5, 5.41) is 16.5. The van der Waals surface area contributed by atoms with Gasteiger partial charge in [0.05, 0.1) is 16.3 Å². The molecule has 0 aliphatic carbocycles. The number of benzene rings is 1. The summed E-state index contributed by atoms with van der Waals surface area (Å²) in [5.41, 5.74) is 0.319. The summed E-state index contributed by atoms with van der Waals surface area (Å²) in [6.45, 7) is 2.53. The number of carboxylic acids is 1. The molecular weight excluding hydrogens is 298 g/mol. The van der Waals surface area contributed by atoms with E-state index in [0.29, 0.717) is 6.54 Å². The summed E-state index contributed by atoms with van der Waals surface area (Å²) in [6.07, 6.45) is 0.174. The van der Waals surface area contributed by atoms with Gasteiger partial charge in [0.1, 0.15) is 0 Å². The lowest BCUT2D eigenvalue weighted by atomic mass is 10.2. The summed E-state index contributed by atoms with van der Waals surface area (Å²) in [5.74, 6) is -1.25. The topological polar surface area (TPSA) is 108 Å². The van der Waals surface area contributed by atoms with Gasteiger partial charge in [-0.3, -0.25) is 4.79 Å². The van der Waals surface area contributed by atoms with E-state index in [1.54, 1.807) is 6.92 Å². The first-order valence-corrected chi connectivity index (χ1v) is 6.66.